The summed E-state index contributed by atoms with van der Waals surface area (Å²) in [5, 5.41) is 0.991. The highest BCUT2D eigenvalue weighted by Gasteiger charge is 2.49. The molecule has 4 aromatic rings. The van der Waals surface area contributed by atoms with Gasteiger partial charge in [-0.15, -0.1) is 0 Å². The summed E-state index contributed by atoms with van der Waals surface area (Å²) in [6, 6.07) is 24.7. The van der Waals surface area contributed by atoms with E-state index in [0.717, 1.165) is 16.5 Å². The first kappa shape index (κ1) is 18.5. The van der Waals surface area contributed by atoms with Crippen molar-refractivity contribution < 1.29 is 23.4 Å². The fraction of sp³-hybridized carbons (Fsp3) is 0.160. The Morgan fingerprint density at radius 3 is 2.57 bits per heavy atom. The summed E-state index contributed by atoms with van der Waals surface area (Å²) in [7, 11) is 1.58. The van der Waals surface area contributed by atoms with Crippen LogP contribution in [0.2, 0.25) is 0 Å². The Hall–Kier alpha value is -3.57. The normalized spacial score (nSPS) is 17.6. The molecule has 1 aromatic heterocycles. The summed E-state index contributed by atoms with van der Waals surface area (Å²) in [5.74, 6) is 1.63. The quantitative estimate of drug-likeness (QED) is 0.309. The van der Waals surface area contributed by atoms with E-state index < -0.39 is 6.10 Å². The van der Waals surface area contributed by atoms with Crippen LogP contribution >= 0.6 is 0 Å². The van der Waals surface area contributed by atoms with E-state index in [1.807, 2.05) is 60.7 Å². The molecule has 3 aromatic carbocycles. The third kappa shape index (κ3) is 3.55. The van der Waals surface area contributed by atoms with E-state index in [1.54, 1.807) is 25.3 Å². The number of furan rings is 1. The number of hydrogen-bond donors (Lipinski definition) is 0. The van der Waals surface area contributed by atoms with Crippen LogP contribution in [0.5, 0.6) is 11.5 Å². The monoisotopic (exact) mass is 400 g/mol. The molecule has 150 valence electrons. The van der Waals surface area contributed by atoms with E-state index in [4.69, 9.17) is 18.6 Å². The van der Waals surface area contributed by atoms with Crippen molar-refractivity contribution in [3.05, 3.63) is 95.7 Å². The molecule has 1 aliphatic rings. The average molecular weight is 400 g/mol. The van der Waals surface area contributed by atoms with E-state index in [1.165, 1.54) is 0 Å². The molecule has 2 atom stereocenters. The van der Waals surface area contributed by atoms with Gasteiger partial charge in [0.15, 0.2) is 11.9 Å². The zero-order valence-corrected chi connectivity index (χ0v) is 16.4. The lowest BCUT2D eigenvalue weighted by Crippen LogP contribution is -2.11. The number of carbonyl (C=O) groups excluding carboxylic acids is 1. The number of methoxy groups -OCH3 is 1. The third-order valence-corrected chi connectivity index (χ3v) is 5.17. The maximum Gasteiger partial charge on any atom is 0.198 e. The Morgan fingerprint density at radius 2 is 1.77 bits per heavy atom. The van der Waals surface area contributed by atoms with Crippen LogP contribution in [0, 0.1) is 0 Å². The van der Waals surface area contributed by atoms with Crippen LogP contribution in [-0.4, -0.2) is 19.0 Å². The molecule has 0 spiro atoms. The van der Waals surface area contributed by atoms with Gasteiger partial charge < -0.3 is 18.6 Å². The molecular weight excluding hydrogens is 380 g/mol. The second-order valence-corrected chi connectivity index (χ2v) is 7.16. The molecule has 0 aliphatic carbocycles. The molecule has 1 fully saturated rings. The summed E-state index contributed by atoms with van der Waals surface area (Å²) >= 11 is 0. The number of carbonyl (C=O) groups is 1. The minimum Gasteiger partial charge on any atom is -0.497 e. The van der Waals surface area contributed by atoms with Gasteiger partial charge in [-0.25, -0.2) is 0 Å². The van der Waals surface area contributed by atoms with Gasteiger partial charge in [-0.2, -0.15) is 0 Å². The lowest BCUT2D eigenvalue weighted by molar-refractivity contribution is 0.0949. The molecule has 0 bridgehead atoms. The topological polar surface area (TPSA) is 61.2 Å². The van der Waals surface area contributed by atoms with Gasteiger partial charge in [-0.1, -0.05) is 48.5 Å². The summed E-state index contributed by atoms with van der Waals surface area (Å²) < 4.78 is 22.8. The number of ether oxygens (including phenoxy) is 3. The van der Waals surface area contributed by atoms with Gasteiger partial charge in [0.2, 0.25) is 0 Å². The molecule has 5 heteroatoms. The van der Waals surface area contributed by atoms with Gasteiger partial charge >= 0.3 is 0 Å². The van der Waals surface area contributed by atoms with Crippen LogP contribution in [0.4, 0.5) is 0 Å². The molecular formula is C25H20O5. The minimum atomic E-state index is -0.585. The van der Waals surface area contributed by atoms with Crippen molar-refractivity contribution in [3.8, 4) is 11.5 Å². The molecule has 1 aliphatic heterocycles. The van der Waals surface area contributed by atoms with Crippen LogP contribution in [0.25, 0.3) is 11.0 Å². The van der Waals surface area contributed by atoms with Crippen molar-refractivity contribution in [1.29, 1.82) is 0 Å². The second kappa shape index (κ2) is 7.69. The SMILES string of the molecule is COc1ccc(C(=O)[C@@H]2O[C@H]2c2cc3ccccc3o2)c(OCc2ccccc2)c1. The number of ketones is 1. The van der Waals surface area contributed by atoms with E-state index in [0.29, 0.717) is 29.4 Å². The van der Waals surface area contributed by atoms with Crippen molar-refractivity contribution >= 4 is 16.8 Å². The molecule has 0 radical (unpaired) electrons. The number of benzene rings is 3. The fourth-order valence-electron chi connectivity index (χ4n) is 3.51. The van der Waals surface area contributed by atoms with Gasteiger partial charge in [0.25, 0.3) is 0 Å². The average Bonchev–Trinajstić information content (AvgIpc) is 3.48. The first-order valence-electron chi connectivity index (χ1n) is 9.76. The van der Waals surface area contributed by atoms with E-state index in [2.05, 4.69) is 0 Å². The highest BCUT2D eigenvalue weighted by Crippen LogP contribution is 2.44. The molecule has 2 heterocycles. The number of para-hydroxylation sites is 1. The van der Waals surface area contributed by atoms with Crippen LogP contribution in [0.15, 0.2) is 83.3 Å². The molecule has 5 nitrogen and oxygen atoms in total. The molecule has 5 rings (SSSR count). The van der Waals surface area contributed by atoms with E-state index in [9.17, 15) is 4.79 Å². The Balaban J connectivity index is 1.37. The molecule has 1 saturated heterocycles. The van der Waals surface area contributed by atoms with Crippen molar-refractivity contribution in [1.82, 2.24) is 0 Å². The minimum absolute atomic E-state index is 0.133. The summed E-state index contributed by atoms with van der Waals surface area (Å²) in [6.07, 6.45) is -0.966. The lowest BCUT2D eigenvalue weighted by atomic mass is 10.0. The predicted molar refractivity (Wildman–Crippen MR) is 112 cm³/mol. The number of hydrogen-bond acceptors (Lipinski definition) is 5. The van der Waals surface area contributed by atoms with Crippen molar-refractivity contribution in [2.45, 2.75) is 18.8 Å². The molecule has 0 N–H and O–H groups in total. The smallest absolute Gasteiger partial charge is 0.198 e. The Bertz CT molecular complexity index is 1160. The Kier molecular flexibility index (Phi) is 4.73. The maximum absolute atomic E-state index is 13.2. The number of rotatable bonds is 7. The molecule has 0 unspecified atom stereocenters. The van der Waals surface area contributed by atoms with Crippen molar-refractivity contribution in [2.75, 3.05) is 7.11 Å². The van der Waals surface area contributed by atoms with Crippen molar-refractivity contribution in [3.63, 3.8) is 0 Å². The van der Waals surface area contributed by atoms with E-state index >= 15 is 0 Å². The summed E-state index contributed by atoms with van der Waals surface area (Å²) in [5.41, 5.74) is 2.27. The Labute approximate surface area is 173 Å². The molecule has 30 heavy (non-hydrogen) atoms. The summed E-state index contributed by atoms with van der Waals surface area (Å²) in [4.78, 5) is 13.2. The van der Waals surface area contributed by atoms with Crippen LogP contribution in [0.3, 0.4) is 0 Å². The van der Waals surface area contributed by atoms with Crippen LogP contribution < -0.4 is 9.47 Å². The molecule has 0 saturated carbocycles. The van der Waals surface area contributed by atoms with Gasteiger partial charge in [0.1, 0.15) is 35.6 Å². The largest absolute Gasteiger partial charge is 0.497 e. The van der Waals surface area contributed by atoms with Crippen molar-refractivity contribution in [2.24, 2.45) is 0 Å². The highest BCUT2D eigenvalue weighted by atomic mass is 16.6. The summed E-state index contributed by atoms with van der Waals surface area (Å²) in [6.45, 7) is 0.354. The number of fused-ring (bicyclic) bond motifs is 1. The predicted octanol–water partition coefficient (Wildman–Crippen LogP) is 5.34. The van der Waals surface area contributed by atoms with Crippen LogP contribution in [-0.2, 0) is 11.3 Å². The fourth-order valence-corrected chi connectivity index (χ4v) is 3.51. The standard InChI is InChI=1S/C25H20O5/c1-27-18-11-12-19(21(14-18)28-15-16-7-3-2-4-8-16)23(26)25-24(30-25)22-13-17-9-5-6-10-20(17)29-22/h2-14,24-25H,15H2,1H3/t24-,25-/m0/s1. The van der Waals surface area contributed by atoms with Crippen LogP contribution in [0.1, 0.15) is 27.8 Å². The Morgan fingerprint density at radius 1 is 0.967 bits per heavy atom. The lowest BCUT2D eigenvalue weighted by Gasteiger charge is -2.12. The first-order valence-corrected chi connectivity index (χ1v) is 9.76. The van der Waals surface area contributed by atoms with Gasteiger partial charge in [-0.3, -0.25) is 4.79 Å². The van der Waals surface area contributed by atoms with E-state index in [-0.39, 0.29) is 11.9 Å². The second-order valence-electron chi connectivity index (χ2n) is 7.16. The zero-order chi connectivity index (χ0) is 20.5. The number of epoxide rings is 1. The van der Waals surface area contributed by atoms with Gasteiger partial charge in [0, 0.05) is 11.5 Å². The highest BCUT2D eigenvalue weighted by molar-refractivity contribution is 6.03. The van der Waals surface area contributed by atoms with Gasteiger partial charge in [-0.05, 0) is 29.8 Å². The molecule has 0 amide bonds. The van der Waals surface area contributed by atoms with Gasteiger partial charge in [0.05, 0.1) is 12.7 Å². The maximum atomic E-state index is 13.2. The number of Topliss-reactive ketones (excluding diaryl/α,β-unsaturated/α-hetero) is 1. The first-order chi connectivity index (χ1) is 14.7. The zero-order valence-electron chi connectivity index (χ0n) is 16.4. The third-order valence-electron chi connectivity index (χ3n) is 5.17.